The number of primary amides is 1. The first-order valence-electron chi connectivity index (χ1n) is 13.6. The number of anilines is 2. The number of carbonyl (C=O) groups excluding carboxylic acids is 4. The van der Waals surface area contributed by atoms with E-state index >= 15 is 0 Å². The van der Waals surface area contributed by atoms with Gasteiger partial charge >= 0.3 is 6.03 Å². The topological polar surface area (TPSA) is 143 Å². The van der Waals surface area contributed by atoms with Crippen molar-refractivity contribution in [3.63, 3.8) is 0 Å². The van der Waals surface area contributed by atoms with Crippen LogP contribution >= 0.6 is 0 Å². The Morgan fingerprint density at radius 3 is 2.67 bits per heavy atom. The van der Waals surface area contributed by atoms with Gasteiger partial charge in [0.2, 0.25) is 11.8 Å². The van der Waals surface area contributed by atoms with Crippen LogP contribution in [-0.4, -0.2) is 74.7 Å². The monoisotopic (exact) mass is 579 g/mol. The lowest BCUT2D eigenvalue weighted by atomic mass is 10.1. The van der Waals surface area contributed by atoms with E-state index in [1.807, 2.05) is 25.1 Å². The van der Waals surface area contributed by atoms with Gasteiger partial charge in [-0.1, -0.05) is 18.2 Å². The SMILES string of the molecule is Cc1cccc(NC(=O)C2CC=CCN2C(=O)Cn2cc(C(N)=O)c3cc(NC(=O)N4CCCC(F)(F)C4)ccc32)n1. The van der Waals surface area contributed by atoms with E-state index < -0.39 is 30.4 Å². The molecule has 1 saturated heterocycles. The van der Waals surface area contributed by atoms with E-state index in [9.17, 15) is 28.0 Å². The van der Waals surface area contributed by atoms with Crippen molar-refractivity contribution in [3.05, 3.63) is 66.0 Å². The van der Waals surface area contributed by atoms with Crippen molar-refractivity contribution >= 4 is 46.2 Å². The Bertz CT molecular complexity index is 1590. The lowest BCUT2D eigenvalue weighted by molar-refractivity contribution is -0.138. The summed E-state index contributed by atoms with van der Waals surface area (Å²) in [7, 11) is 0. The van der Waals surface area contributed by atoms with Gasteiger partial charge in [0.1, 0.15) is 18.4 Å². The average Bonchev–Trinajstić information content (AvgIpc) is 3.30. The Hall–Kier alpha value is -4.81. The number of piperidine rings is 1. The summed E-state index contributed by atoms with van der Waals surface area (Å²) in [6.45, 7) is 1.40. The summed E-state index contributed by atoms with van der Waals surface area (Å²) in [4.78, 5) is 58.3. The van der Waals surface area contributed by atoms with Crippen molar-refractivity contribution in [2.75, 3.05) is 30.3 Å². The molecular formula is C29H31F2N7O4. The molecule has 42 heavy (non-hydrogen) atoms. The van der Waals surface area contributed by atoms with Crippen LogP contribution in [0.1, 0.15) is 35.3 Å². The highest BCUT2D eigenvalue weighted by Crippen LogP contribution is 2.29. The molecule has 220 valence electrons. The quantitative estimate of drug-likeness (QED) is 0.383. The highest BCUT2D eigenvalue weighted by atomic mass is 19.3. The number of likely N-dealkylation sites (tertiary alicyclic amines) is 1. The minimum atomic E-state index is -2.94. The van der Waals surface area contributed by atoms with Gasteiger partial charge in [-0.2, -0.15) is 0 Å². The minimum absolute atomic E-state index is 0.122. The molecule has 5 rings (SSSR count). The van der Waals surface area contributed by atoms with Crippen LogP contribution in [0.15, 0.2) is 54.7 Å². The van der Waals surface area contributed by atoms with E-state index in [1.165, 1.54) is 17.2 Å². The Labute approximate surface area is 240 Å². The fourth-order valence-corrected chi connectivity index (χ4v) is 5.29. The van der Waals surface area contributed by atoms with Crippen LogP contribution in [-0.2, 0) is 16.1 Å². The summed E-state index contributed by atoms with van der Waals surface area (Å²) < 4.78 is 29.1. The van der Waals surface area contributed by atoms with Crippen LogP contribution in [0.25, 0.3) is 10.9 Å². The molecular weight excluding hydrogens is 548 g/mol. The Balaban J connectivity index is 1.34. The summed E-state index contributed by atoms with van der Waals surface area (Å²) in [5.41, 5.74) is 7.26. The zero-order valence-electron chi connectivity index (χ0n) is 23.0. The molecule has 2 aliphatic rings. The molecule has 0 radical (unpaired) electrons. The fraction of sp³-hybridized carbons (Fsp3) is 0.345. The zero-order chi connectivity index (χ0) is 30.0. The number of urea groups is 1. The second kappa shape index (κ2) is 11.6. The van der Waals surface area contributed by atoms with Gasteiger partial charge in [-0.3, -0.25) is 14.4 Å². The van der Waals surface area contributed by atoms with Gasteiger partial charge in [0, 0.05) is 48.0 Å². The smallest absolute Gasteiger partial charge is 0.322 e. The van der Waals surface area contributed by atoms with Gasteiger partial charge in [-0.05, 0) is 50.1 Å². The van der Waals surface area contributed by atoms with E-state index in [0.29, 0.717) is 23.1 Å². The van der Waals surface area contributed by atoms with Gasteiger partial charge in [-0.15, -0.1) is 0 Å². The fourth-order valence-electron chi connectivity index (χ4n) is 5.29. The number of fused-ring (bicyclic) bond motifs is 1. The zero-order valence-corrected chi connectivity index (χ0v) is 23.0. The van der Waals surface area contributed by atoms with Crippen molar-refractivity contribution in [1.82, 2.24) is 19.4 Å². The third-order valence-corrected chi connectivity index (χ3v) is 7.35. The van der Waals surface area contributed by atoms with E-state index in [-0.39, 0.29) is 55.5 Å². The molecule has 4 N–H and O–H groups in total. The van der Waals surface area contributed by atoms with Crippen molar-refractivity contribution < 1.29 is 28.0 Å². The molecule has 5 amide bonds. The standard InChI is InChI=1S/C29H31F2N7O4/c1-18-6-4-8-24(33-18)35-27(41)23-7-2-3-13-38(23)25(39)16-37-15-21(26(32)40)20-14-19(9-10-22(20)37)34-28(42)36-12-5-11-29(30,31)17-36/h2-4,6,8-10,14-15,23H,5,7,11-13,16-17H2,1H3,(H2,32,40)(H,34,42)(H,33,35,41). The van der Waals surface area contributed by atoms with Gasteiger partial charge in [-0.25, -0.2) is 18.6 Å². The van der Waals surface area contributed by atoms with Crippen LogP contribution in [0.2, 0.25) is 0 Å². The van der Waals surface area contributed by atoms with E-state index in [4.69, 9.17) is 5.73 Å². The lowest BCUT2D eigenvalue weighted by Gasteiger charge is -2.32. The minimum Gasteiger partial charge on any atom is -0.366 e. The van der Waals surface area contributed by atoms with E-state index in [1.54, 1.807) is 28.8 Å². The number of amides is 5. The number of hydrogen-bond donors (Lipinski definition) is 3. The molecule has 1 fully saturated rings. The molecule has 2 aromatic heterocycles. The highest BCUT2D eigenvalue weighted by Gasteiger charge is 2.37. The Morgan fingerprint density at radius 2 is 1.93 bits per heavy atom. The second-order valence-corrected chi connectivity index (χ2v) is 10.5. The molecule has 0 aliphatic carbocycles. The molecule has 1 atom stereocenters. The number of rotatable bonds is 6. The van der Waals surface area contributed by atoms with Crippen molar-refractivity contribution in [2.45, 2.75) is 44.7 Å². The van der Waals surface area contributed by atoms with Crippen LogP contribution in [0, 0.1) is 6.92 Å². The molecule has 0 bridgehead atoms. The van der Waals surface area contributed by atoms with Gasteiger partial charge in [0.05, 0.1) is 12.1 Å². The molecule has 11 nitrogen and oxygen atoms in total. The molecule has 3 aromatic rings. The Morgan fingerprint density at radius 1 is 1.12 bits per heavy atom. The molecule has 1 aromatic carbocycles. The summed E-state index contributed by atoms with van der Waals surface area (Å²) in [6, 6.07) is 8.51. The molecule has 0 spiro atoms. The van der Waals surface area contributed by atoms with E-state index in [2.05, 4.69) is 15.6 Å². The number of carbonyl (C=O) groups is 4. The predicted octanol–water partition coefficient (Wildman–Crippen LogP) is 3.50. The maximum absolute atomic E-state index is 13.8. The number of halogens is 2. The Kier molecular flexibility index (Phi) is 7.92. The number of aromatic nitrogens is 2. The molecule has 2 aliphatic heterocycles. The van der Waals surface area contributed by atoms with Gasteiger partial charge < -0.3 is 30.7 Å². The third kappa shape index (κ3) is 6.24. The number of pyridine rings is 1. The summed E-state index contributed by atoms with van der Waals surface area (Å²) in [5, 5.41) is 5.77. The molecule has 4 heterocycles. The number of aryl methyl sites for hydroxylation is 1. The largest absolute Gasteiger partial charge is 0.366 e. The van der Waals surface area contributed by atoms with Crippen LogP contribution in [0.4, 0.5) is 25.1 Å². The van der Waals surface area contributed by atoms with Crippen molar-refractivity contribution in [1.29, 1.82) is 0 Å². The van der Waals surface area contributed by atoms with Crippen LogP contribution in [0.5, 0.6) is 0 Å². The molecule has 0 saturated carbocycles. The molecule has 13 heteroatoms. The number of nitrogens with one attached hydrogen (secondary N) is 2. The number of nitrogens with zero attached hydrogens (tertiary/aromatic N) is 4. The maximum atomic E-state index is 13.8. The lowest BCUT2D eigenvalue weighted by Crippen LogP contribution is -2.49. The van der Waals surface area contributed by atoms with Gasteiger partial charge in [0.25, 0.3) is 11.8 Å². The number of benzene rings is 1. The van der Waals surface area contributed by atoms with E-state index in [0.717, 1.165) is 10.6 Å². The number of nitrogens with two attached hydrogens (primary N) is 1. The van der Waals surface area contributed by atoms with Crippen molar-refractivity contribution in [2.24, 2.45) is 5.73 Å². The predicted molar refractivity (Wildman–Crippen MR) is 152 cm³/mol. The first-order valence-corrected chi connectivity index (χ1v) is 13.6. The molecule has 1 unspecified atom stereocenters. The van der Waals surface area contributed by atoms with Gasteiger partial charge in [0.15, 0.2) is 0 Å². The maximum Gasteiger partial charge on any atom is 0.322 e. The average molecular weight is 580 g/mol. The van der Waals surface area contributed by atoms with Crippen LogP contribution in [0.3, 0.4) is 0 Å². The first kappa shape index (κ1) is 28.7. The summed E-state index contributed by atoms with van der Waals surface area (Å²) in [6.07, 6.45) is 5.36. The van der Waals surface area contributed by atoms with Crippen LogP contribution < -0.4 is 16.4 Å². The number of hydrogen-bond acceptors (Lipinski definition) is 5. The first-order chi connectivity index (χ1) is 20.0. The normalized spacial score (nSPS) is 18.1. The highest BCUT2D eigenvalue weighted by molar-refractivity contribution is 6.08. The second-order valence-electron chi connectivity index (χ2n) is 10.5. The summed E-state index contributed by atoms with van der Waals surface area (Å²) >= 11 is 0. The number of alkyl halides is 2. The van der Waals surface area contributed by atoms with Crippen molar-refractivity contribution in [3.8, 4) is 0 Å². The summed E-state index contributed by atoms with van der Waals surface area (Å²) in [5.74, 6) is -4.01. The third-order valence-electron chi connectivity index (χ3n) is 7.35.